The van der Waals surface area contributed by atoms with Crippen molar-refractivity contribution in [3.05, 3.63) is 0 Å². The minimum atomic E-state index is -0.429. The second-order valence-corrected chi connectivity index (χ2v) is 4.56. The molecule has 0 radical (unpaired) electrons. The van der Waals surface area contributed by atoms with Gasteiger partial charge in [-0.15, -0.1) is 0 Å². The molecule has 4 heteroatoms. The first-order chi connectivity index (χ1) is 6.84. The Bertz CT molecular complexity index is 225. The highest BCUT2D eigenvalue weighted by molar-refractivity contribution is 5.86. The number of rotatable bonds is 5. The predicted molar refractivity (Wildman–Crippen MR) is 60.3 cm³/mol. The lowest BCUT2D eigenvalue weighted by Crippen LogP contribution is -2.49. The van der Waals surface area contributed by atoms with Gasteiger partial charge < -0.3 is 10.6 Å². The smallest absolute Gasteiger partial charge is 0.242 e. The van der Waals surface area contributed by atoms with Crippen LogP contribution in [0.25, 0.3) is 0 Å². The van der Waals surface area contributed by atoms with E-state index in [1.54, 1.807) is 0 Å². The molecule has 0 heterocycles. The minimum Gasteiger partial charge on any atom is -0.354 e. The zero-order chi connectivity index (χ0) is 12.0. The van der Waals surface area contributed by atoms with Crippen molar-refractivity contribution < 1.29 is 9.59 Å². The standard InChI is InChI=1S/C11H22N2O2/c1-7(2)6-12-11(15)10(8(3)4)13-9(5)14/h7-8,10H,6H2,1-5H3,(H,12,15)(H,13,14)/t10-/m0/s1. The van der Waals surface area contributed by atoms with Gasteiger partial charge in [-0.1, -0.05) is 27.7 Å². The lowest BCUT2D eigenvalue weighted by atomic mass is 10.0. The summed E-state index contributed by atoms with van der Waals surface area (Å²) in [5.74, 6) is 0.238. The maximum absolute atomic E-state index is 11.7. The zero-order valence-electron chi connectivity index (χ0n) is 10.3. The molecule has 0 rings (SSSR count). The summed E-state index contributed by atoms with van der Waals surface area (Å²) < 4.78 is 0. The van der Waals surface area contributed by atoms with Gasteiger partial charge in [0.1, 0.15) is 6.04 Å². The van der Waals surface area contributed by atoms with Gasteiger partial charge in [0.2, 0.25) is 11.8 Å². The average Bonchev–Trinajstić information content (AvgIpc) is 2.09. The van der Waals surface area contributed by atoms with Gasteiger partial charge in [0.05, 0.1) is 0 Å². The fraction of sp³-hybridized carbons (Fsp3) is 0.818. The molecule has 2 amide bonds. The van der Waals surface area contributed by atoms with Gasteiger partial charge in [0.25, 0.3) is 0 Å². The van der Waals surface area contributed by atoms with Gasteiger partial charge in [-0.25, -0.2) is 0 Å². The van der Waals surface area contributed by atoms with E-state index in [1.807, 2.05) is 27.7 Å². The summed E-state index contributed by atoms with van der Waals surface area (Å²) in [5.41, 5.74) is 0. The topological polar surface area (TPSA) is 58.2 Å². The van der Waals surface area contributed by atoms with Crippen molar-refractivity contribution in [3.8, 4) is 0 Å². The fourth-order valence-corrected chi connectivity index (χ4v) is 1.17. The number of hydrogen-bond donors (Lipinski definition) is 2. The molecular formula is C11H22N2O2. The maximum Gasteiger partial charge on any atom is 0.242 e. The molecule has 0 aliphatic rings. The van der Waals surface area contributed by atoms with Gasteiger partial charge in [0.15, 0.2) is 0 Å². The van der Waals surface area contributed by atoms with E-state index in [9.17, 15) is 9.59 Å². The Morgan fingerprint density at radius 1 is 1.13 bits per heavy atom. The van der Waals surface area contributed by atoms with Gasteiger partial charge in [-0.2, -0.15) is 0 Å². The third kappa shape index (κ3) is 6.10. The molecule has 1 atom stereocenters. The Balaban J connectivity index is 4.23. The molecule has 15 heavy (non-hydrogen) atoms. The molecule has 0 unspecified atom stereocenters. The van der Waals surface area contributed by atoms with Crippen LogP contribution in [0.3, 0.4) is 0 Å². The molecule has 0 aliphatic heterocycles. The molecule has 4 nitrogen and oxygen atoms in total. The van der Waals surface area contributed by atoms with Crippen LogP contribution in [0.15, 0.2) is 0 Å². The Kier molecular flexibility index (Phi) is 5.97. The van der Waals surface area contributed by atoms with Gasteiger partial charge in [-0.3, -0.25) is 9.59 Å². The maximum atomic E-state index is 11.7. The summed E-state index contributed by atoms with van der Waals surface area (Å²) in [4.78, 5) is 22.6. The Labute approximate surface area is 91.8 Å². The normalized spacial score (nSPS) is 12.7. The van der Waals surface area contributed by atoms with Crippen LogP contribution in [0.2, 0.25) is 0 Å². The quantitative estimate of drug-likeness (QED) is 0.715. The van der Waals surface area contributed by atoms with Crippen LogP contribution < -0.4 is 10.6 Å². The van der Waals surface area contributed by atoms with Crippen LogP contribution in [0, 0.1) is 11.8 Å². The van der Waals surface area contributed by atoms with E-state index >= 15 is 0 Å². The summed E-state index contributed by atoms with van der Waals surface area (Å²) in [7, 11) is 0. The summed E-state index contributed by atoms with van der Waals surface area (Å²) in [6.07, 6.45) is 0. The molecule has 0 saturated heterocycles. The van der Waals surface area contributed by atoms with E-state index < -0.39 is 6.04 Å². The van der Waals surface area contributed by atoms with Crippen LogP contribution in [0.4, 0.5) is 0 Å². The van der Waals surface area contributed by atoms with Crippen molar-refractivity contribution in [2.24, 2.45) is 11.8 Å². The van der Waals surface area contributed by atoms with Crippen molar-refractivity contribution in [1.82, 2.24) is 10.6 Å². The summed E-state index contributed by atoms with van der Waals surface area (Å²) in [6.45, 7) is 9.95. The second-order valence-electron chi connectivity index (χ2n) is 4.56. The number of carbonyl (C=O) groups excluding carboxylic acids is 2. The summed E-state index contributed by atoms with van der Waals surface area (Å²) in [5, 5.41) is 5.47. The van der Waals surface area contributed by atoms with Crippen molar-refractivity contribution in [3.63, 3.8) is 0 Å². The number of hydrogen-bond acceptors (Lipinski definition) is 2. The van der Waals surface area contributed by atoms with Crippen molar-refractivity contribution in [2.75, 3.05) is 6.54 Å². The van der Waals surface area contributed by atoms with Crippen molar-refractivity contribution >= 4 is 11.8 Å². The van der Waals surface area contributed by atoms with Crippen LogP contribution in [0.5, 0.6) is 0 Å². The number of nitrogens with one attached hydrogen (secondary N) is 2. The summed E-state index contributed by atoms with van der Waals surface area (Å²) in [6, 6.07) is -0.429. The third-order valence-corrected chi connectivity index (χ3v) is 1.99. The van der Waals surface area contributed by atoms with Crippen LogP contribution in [-0.4, -0.2) is 24.4 Å². The van der Waals surface area contributed by atoms with E-state index in [-0.39, 0.29) is 17.7 Å². The van der Waals surface area contributed by atoms with Crippen LogP contribution in [-0.2, 0) is 9.59 Å². The van der Waals surface area contributed by atoms with E-state index in [2.05, 4.69) is 10.6 Å². The predicted octanol–water partition coefficient (Wildman–Crippen LogP) is 0.919. The largest absolute Gasteiger partial charge is 0.354 e. The molecule has 0 aromatic carbocycles. The van der Waals surface area contributed by atoms with E-state index in [1.165, 1.54) is 6.92 Å². The lowest BCUT2D eigenvalue weighted by molar-refractivity contribution is -0.129. The van der Waals surface area contributed by atoms with E-state index in [0.29, 0.717) is 12.5 Å². The zero-order valence-corrected chi connectivity index (χ0v) is 10.3. The van der Waals surface area contributed by atoms with Gasteiger partial charge in [-0.05, 0) is 11.8 Å². The fourth-order valence-electron chi connectivity index (χ4n) is 1.17. The first kappa shape index (κ1) is 13.9. The molecule has 0 aromatic heterocycles. The molecule has 0 spiro atoms. The number of carbonyl (C=O) groups is 2. The lowest BCUT2D eigenvalue weighted by Gasteiger charge is -2.21. The van der Waals surface area contributed by atoms with Crippen molar-refractivity contribution in [2.45, 2.75) is 40.7 Å². The van der Waals surface area contributed by atoms with E-state index in [0.717, 1.165) is 0 Å². The first-order valence-corrected chi connectivity index (χ1v) is 5.39. The monoisotopic (exact) mass is 214 g/mol. The Morgan fingerprint density at radius 3 is 2.00 bits per heavy atom. The molecule has 0 aliphatic carbocycles. The molecule has 2 N–H and O–H groups in total. The SMILES string of the molecule is CC(=O)N[C@H](C(=O)NCC(C)C)C(C)C. The Morgan fingerprint density at radius 2 is 1.67 bits per heavy atom. The van der Waals surface area contributed by atoms with Crippen LogP contribution in [0.1, 0.15) is 34.6 Å². The molecular weight excluding hydrogens is 192 g/mol. The average molecular weight is 214 g/mol. The third-order valence-electron chi connectivity index (χ3n) is 1.99. The number of amides is 2. The summed E-state index contributed by atoms with van der Waals surface area (Å²) >= 11 is 0. The van der Waals surface area contributed by atoms with Gasteiger partial charge in [0, 0.05) is 13.5 Å². The molecule has 0 bridgehead atoms. The first-order valence-electron chi connectivity index (χ1n) is 5.39. The Hall–Kier alpha value is -1.06. The highest BCUT2D eigenvalue weighted by atomic mass is 16.2. The highest BCUT2D eigenvalue weighted by Crippen LogP contribution is 2.02. The molecule has 0 saturated carbocycles. The molecule has 88 valence electrons. The highest BCUT2D eigenvalue weighted by Gasteiger charge is 2.22. The second kappa shape index (κ2) is 6.43. The molecule has 0 aromatic rings. The van der Waals surface area contributed by atoms with Crippen LogP contribution >= 0.6 is 0 Å². The van der Waals surface area contributed by atoms with Gasteiger partial charge >= 0.3 is 0 Å². The minimum absolute atomic E-state index is 0.0982. The van der Waals surface area contributed by atoms with Crippen molar-refractivity contribution in [1.29, 1.82) is 0 Å². The van der Waals surface area contributed by atoms with E-state index in [4.69, 9.17) is 0 Å². The molecule has 0 fully saturated rings.